The summed E-state index contributed by atoms with van der Waals surface area (Å²) in [6.07, 6.45) is 3.79. The Morgan fingerprint density at radius 3 is 2.50 bits per heavy atom. The molecule has 2 rings (SSSR count). The van der Waals surface area contributed by atoms with Crippen LogP contribution in [0.4, 0.5) is 0 Å². The second kappa shape index (κ2) is 9.98. The van der Waals surface area contributed by atoms with Crippen LogP contribution < -0.4 is 15.8 Å². The van der Waals surface area contributed by atoms with Gasteiger partial charge in [0.25, 0.3) is 0 Å². The van der Waals surface area contributed by atoms with Crippen molar-refractivity contribution in [3.8, 4) is 0 Å². The number of carbonyl (C=O) groups is 1. The molecule has 1 atom stereocenters. The fourth-order valence-corrected chi connectivity index (χ4v) is 3.42. The van der Waals surface area contributed by atoms with E-state index in [4.69, 9.17) is 5.73 Å². The molecule has 0 aromatic heterocycles. The maximum absolute atomic E-state index is 11.9. The van der Waals surface area contributed by atoms with Gasteiger partial charge in [0.2, 0.25) is 15.9 Å². The number of nitrogens with one attached hydrogen (secondary N) is 2. The summed E-state index contributed by atoms with van der Waals surface area (Å²) in [6, 6.07) is 8.81. The van der Waals surface area contributed by atoms with E-state index in [9.17, 15) is 13.2 Å². The number of benzene rings is 1. The lowest BCUT2D eigenvalue weighted by atomic mass is 9.86. The molecule has 8 heteroatoms. The Kier molecular flexibility index (Phi) is 8.69. The molecule has 0 saturated heterocycles. The number of rotatable bonds is 9. The van der Waals surface area contributed by atoms with Crippen LogP contribution in [-0.4, -0.2) is 39.2 Å². The largest absolute Gasteiger partial charge is 0.354 e. The third-order valence-electron chi connectivity index (χ3n) is 4.12. The highest BCUT2D eigenvalue weighted by Crippen LogP contribution is 2.25. The number of hydrogen-bond donors (Lipinski definition) is 3. The summed E-state index contributed by atoms with van der Waals surface area (Å²) in [6.45, 7) is 0.575. The normalized spacial score (nSPS) is 15.9. The van der Waals surface area contributed by atoms with E-state index in [1.165, 1.54) is 6.42 Å². The Bertz CT molecular complexity index is 606. The van der Waals surface area contributed by atoms with Crippen LogP contribution in [0.5, 0.6) is 0 Å². The summed E-state index contributed by atoms with van der Waals surface area (Å²) in [5, 5.41) is 2.59. The number of halogens is 1. The van der Waals surface area contributed by atoms with Crippen LogP contribution in [0.1, 0.15) is 24.8 Å². The molecule has 0 unspecified atom stereocenters. The number of amides is 1. The van der Waals surface area contributed by atoms with E-state index >= 15 is 0 Å². The zero-order valence-corrected chi connectivity index (χ0v) is 15.2. The van der Waals surface area contributed by atoms with Crippen molar-refractivity contribution in [1.29, 1.82) is 0 Å². The average Bonchev–Trinajstić information content (AvgIpc) is 2.46. The lowest BCUT2D eigenvalue weighted by Gasteiger charge is -2.25. The van der Waals surface area contributed by atoms with Crippen molar-refractivity contribution in [2.75, 3.05) is 18.8 Å². The molecule has 1 saturated carbocycles. The van der Waals surface area contributed by atoms with Crippen LogP contribution in [0.25, 0.3) is 0 Å². The fraction of sp³-hybridized carbons (Fsp3) is 0.562. The van der Waals surface area contributed by atoms with Crippen LogP contribution in [0.2, 0.25) is 0 Å². The molecule has 0 heterocycles. The summed E-state index contributed by atoms with van der Waals surface area (Å²) in [5.41, 5.74) is 6.82. The van der Waals surface area contributed by atoms with Crippen molar-refractivity contribution in [2.24, 2.45) is 11.7 Å². The summed E-state index contributed by atoms with van der Waals surface area (Å²) < 4.78 is 26.2. The van der Waals surface area contributed by atoms with Gasteiger partial charge in [-0.3, -0.25) is 4.79 Å². The highest BCUT2D eigenvalue weighted by atomic mass is 35.5. The van der Waals surface area contributed by atoms with Gasteiger partial charge < -0.3 is 11.1 Å². The molecular weight excluding hydrogens is 350 g/mol. The minimum absolute atomic E-state index is 0. The molecule has 1 fully saturated rings. The van der Waals surface area contributed by atoms with Crippen molar-refractivity contribution >= 4 is 28.3 Å². The third-order valence-corrected chi connectivity index (χ3v) is 5.47. The summed E-state index contributed by atoms with van der Waals surface area (Å²) in [4.78, 5) is 11.9. The monoisotopic (exact) mass is 375 g/mol. The quantitative estimate of drug-likeness (QED) is 0.594. The van der Waals surface area contributed by atoms with E-state index in [0.29, 0.717) is 18.9 Å². The van der Waals surface area contributed by atoms with Gasteiger partial charge in [-0.2, -0.15) is 0 Å². The first-order valence-corrected chi connectivity index (χ1v) is 9.66. The molecule has 0 aliphatic heterocycles. The lowest BCUT2D eigenvalue weighted by molar-refractivity contribution is -0.122. The predicted octanol–water partition coefficient (Wildman–Crippen LogP) is 0.814. The van der Waals surface area contributed by atoms with Gasteiger partial charge in [0.15, 0.2) is 0 Å². The maximum Gasteiger partial charge on any atom is 0.237 e. The van der Waals surface area contributed by atoms with Crippen molar-refractivity contribution < 1.29 is 13.2 Å². The molecule has 0 bridgehead atoms. The maximum atomic E-state index is 11.9. The number of hydrogen-bond acceptors (Lipinski definition) is 4. The summed E-state index contributed by atoms with van der Waals surface area (Å²) in [7, 11) is -3.34. The predicted molar refractivity (Wildman–Crippen MR) is 97.5 cm³/mol. The third kappa shape index (κ3) is 7.17. The van der Waals surface area contributed by atoms with Crippen LogP contribution in [0.15, 0.2) is 30.3 Å². The van der Waals surface area contributed by atoms with Crippen molar-refractivity contribution in [3.63, 3.8) is 0 Å². The average molecular weight is 376 g/mol. The molecule has 136 valence electrons. The van der Waals surface area contributed by atoms with Gasteiger partial charge in [0.1, 0.15) is 0 Å². The highest BCUT2D eigenvalue weighted by molar-refractivity contribution is 7.89. The Hall–Kier alpha value is -1.15. The first-order chi connectivity index (χ1) is 11.0. The molecule has 1 amide bonds. The summed E-state index contributed by atoms with van der Waals surface area (Å²) >= 11 is 0. The number of sulfonamides is 1. The van der Waals surface area contributed by atoms with Crippen molar-refractivity contribution in [3.05, 3.63) is 35.9 Å². The molecule has 1 aromatic rings. The smallest absolute Gasteiger partial charge is 0.237 e. The highest BCUT2D eigenvalue weighted by Gasteiger charge is 2.20. The topological polar surface area (TPSA) is 101 Å². The Labute approximate surface area is 150 Å². The second-order valence-corrected chi connectivity index (χ2v) is 7.98. The second-order valence-electron chi connectivity index (χ2n) is 6.05. The van der Waals surface area contributed by atoms with E-state index in [2.05, 4.69) is 10.0 Å². The molecular formula is C16H26ClN3O3S. The van der Waals surface area contributed by atoms with Gasteiger partial charge in [0, 0.05) is 13.1 Å². The van der Waals surface area contributed by atoms with Gasteiger partial charge in [-0.05, 0) is 30.7 Å². The molecule has 0 radical (unpaired) electrons. The molecule has 6 nitrogen and oxygen atoms in total. The molecule has 1 aliphatic carbocycles. The Morgan fingerprint density at radius 1 is 1.25 bits per heavy atom. The van der Waals surface area contributed by atoms with Crippen molar-refractivity contribution in [2.45, 2.75) is 31.7 Å². The van der Waals surface area contributed by atoms with Gasteiger partial charge in [-0.25, -0.2) is 13.1 Å². The van der Waals surface area contributed by atoms with Gasteiger partial charge >= 0.3 is 0 Å². The Balaban J connectivity index is 0.00000288. The van der Waals surface area contributed by atoms with E-state index in [1.54, 1.807) is 0 Å². The molecule has 24 heavy (non-hydrogen) atoms. The van der Waals surface area contributed by atoms with Crippen molar-refractivity contribution in [1.82, 2.24) is 10.0 Å². The minimum atomic E-state index is -3.34. The zero-order chi connectivity index (χ0) is 16.7. The van der Waals surface area contributed by atoms with Crippen LogP contribution in [0, 0.1) is 5.92 Å². The zero-order valence-electron chi connectivity index (χ0n) is 13.6. The summed E-state index contributed by atoms with van der Waals surface area (Å²) in [5.74, 6) is 0.0190. The first-order valence-electron chi connectivity index (χ1n) is 8.01. The van der Waals surface area contributed by atoms with Gasteiger partial charge in [0.05, 0.1) is 11.8 Å². The van der Waals surface area contributed by atoms with Crippen LogP contribution in [-0.2, 0) is 21.2 Å². The SMILES string of the molecule is Cl.N[C@@H](Cc1ccccc1)C(=O)NCCS(=O)(=O)NCC1CCC1. The molecule has 0 spiro atoms. The Morgan fingerprint density at radius 2 is 1.92 bits per heavy atom. The fourth-order valence-electron chi connectivity index (χ4n) is 2.41. The van der Waals surface area contributed by atoms with E-state index in [0.717, 1.165) is 18.4 Å². The molecule has 1 aromatic carbocycles. The standard InChI is InChI=1S/C16H25N3O3S.ClH/c17-15(11-13-5-2-1-3-6-13)16(20)18-9-10-23(21,22)19-12-14-7-4-8-14;/h1-3,5-6,14-15,19H,4,7-12,17H2,(H,18,20);1H/t15-;/m0./s1. The van der Waals surface area contributed by atoms with E-state index < -0.39 is 16.1 Å². The minimum Gasteiger partial charge on any atom is -0.354 e. The van der Waals surface area contributed by atoms with Gasteiger partial charge in [-0.15, -0.1) is 12.4 Å². The van der Waals surface area contributed by atoms with Crippen LogP contribution >= 0.6 is 12.4 Å². The van der Waals surface area contributed by atoms with E-state index in [-0.39, 0.29) is 30.6 Å². The number of carbonyl (C=O) groups excluding carboxylic acids is 1. The lowest BCUT2D eigenvalue weighted by Crippen LogP contribution is -2.44. The van der Waals surface area contributed by atoms with Gasteiger partial charge in [-0.1, -0.05) is 36.8 Å². The van der Waals surface area contributed by atoms with E-state index in [1.807, 2.05) is 30.3 Å². The molecule has 4 N–H and O–H groups in total. The number of nitrogens with two attached hydrogens (primary N) is 1. The first kappa shape index (κ1) is 20.9. The molecule has 1 aliphatic rings. The van der Waals surface area contributed by atoms with Crippen LogP contribution in [0.3, 0.4) is 0 Å².